The highest BCUT2D eigenvalue weighted by Crippen LogP contribution is 2.66. The van der Waals surface area contributed by atoms with Crippen molar-refractivity contribution in [3.63, 3.8) is 0 Å². The number of aliphatic carboxylic acids is 1. The van der Waals surface area contributed by atoms with Gasteiger partial charge in [-0.05, 0) is 48.8 Å². The first-order valence-electron chi connectivity index (χ1n) is 9.11. The molecule has 0 amide bonds. The number of carbonyl (C=O) groups excluding carboxylic acids is 1. The highest BCUT2D eigenvalue weighted by molar-refractivity contribution is 8.04. The Bertz CT molecular complexity index is 514. The van der Waals surface area contributed by atoms with Gasteiger partial charge < -0.3 is 9.84 Å². The van der Waals surface area contributed by atoms with Crippen LogP contribution < -0.4 is 0 Å². The molecule has 1 N–H and O–H groups in total. The number of nitriles is 1. The molecule has 0 aromatic heterocycles. The van der Waals surface area contributed by atoms with Crippen LogP contribution in [0.25, 0.3) is 0 Å². The number of carboxylic acids is 1. The van der Waals surface area contributed by atoms with E-state index in [4.69, 9.17) is 15.1 Å². The molecule has 0 spiro atoms. The number of hydrogen-bond donors (Lipinski definition) is 1. The number of fused-ring (bicyclic) bond motifs is 2. The lowest BCUT2D eigenvalue weighted by Crippen LogP contribution is -2.38. The maximum absolute atomic E-state index is 11.9. The Morgan fingerprint density at radius 1 is 1.32 bits per heavy atom. The van der Waals surface area contributed by atoms with E-state index < -0.39 is 5.97 Å². The molecule has 2 fully saturated rings. The summed E-state index contributed by atoms with van der Waals surface area (Å²) in [5.41, 5.74) is 0.541. The number of hydrogen-bond acceptors (Lipinski definition) is 5. The highest BCUT2D eigenvalue weighted by Gasteiger charge is 2.62. The number of nitrogens with zero attached hydrogens (tertiary/aromatic N) is 1. The van der Waals surface area contributed by atoms with E-state index in [-0.39, 0.29) is 23.2 Å². The van der Waals surface area contributed by atoms with Crippen molar-refractivity contribution < 1.29 is 19.4 Å². The number of ether oxygens (including phenoxy) is 1. The third-order valence-electron chi connectivity index (χ3n) is 6.23. The largest absolute Gasteiger partial charge is 0.481 e. The summed E-state index contributed by atoms with van der Waals surface area (Å²) in [4.78, 5) is 21.5. The van der Waals surface area contributed by atoms with Gasteiger partial charge in [-0.1, -0.05) is 40.5 Å². The van der Waals surface area contributed by atoms with Gasteiger partial charge >= 0.3 is 11.9 Å². The molecular weight excluding hydrogens is 338 g/mol. The molecule has 2 rings (SSSR count). The van der Waals surface area contributed by atoms with E-state index >= 15 is 0 Å². The summed E-state index contributed by atoms with van der Waals surface area (Å²) in [7, 11) is 0. The standard InChI is InChI=1S/C16H28O2.C3H3NO2S/c1-5-6-7-8-14(17)18-13-11-12-9-10-16(13,4)15(12,2)3;4-2-7-1-3(5)6/h12-13H,5-11H2,1-4H3;1H2,(H,5,6)/t12-,13?,16-;/m1./s1. The van der Waals surface area contributed by atoms with E-state index in [1.165, 1.54) is 12.8 Å². The Kier molecular flexibility index (Phi) is 8.27. The van der Waals surface area contributed by atoms with E-state index in [0.29, 0.717) is 11.8 Å². The first-order valence-corrected chi connectivity index (χ1v) is 10.1. The van der Waals surface area contributed by atoms with Crippen molar-refractivity contribution >= 4 is 23.7 Å². The number of thioether (sulfide) groups is 1. The van der Waals surface area contributed by atoms with Crippen molar-refractivity contribution in [2.75, 3.05) is 5.75 Å². The zero-order chi connectivity index (χ0) is 19.1. The molecule has 2 aliphatic rings. The maximum atomic E-state index is 11.9. The number of rotatable bonds is 7. The van der Waals surface area contributed by atoms with E-state index in [0.717, 1.165) is 43.4 Å². The molecule has 6 heteroatoms. The lowest BCUT2D eigenvalue weighted by molar-refractivity contribution is -0.157. The SMILES string of the molecule is CCCCCC(=O)OC1C[C@H]2CC[C@@]1(C)C2(C)C.N#CSCC(=O)O. The predicted molar refractivity (Wildman–Crippen MR) is 99.0 cm³/mol. The molecule has 0 aromatic rings. The summed E-state index contributed by atoms with van der Waals surface area (Å²) < 4.78 is 5.79. The van der Waals surface area contributed by atoms with Crippen LogP contribution in [0.5, 0.6) is 0 Å². The Balaban J connectivity index is 0.000000381. The zero-order valence-electron chi connectivity index (χ0n) is 15.8. The molecule has 5 nitrogen and oxygen atoms in total. The minimum atomic E-state index is -0.952. The molecule has 0 heterocycles. The highest BCUT2D eigenvalue weighted by atomic mass is 32.2. The van der Waals surface area contributed by atoms with E-state index in [9.17, 15) is 9.59 Å². The number of unbranched alkanes of at least 4 members (excludes halogenated alkanes) is 2. The van der Waals surface area contributed by atoms with Crippen molar-refractivity contribution in [3.8, 4) is 5.40 Å². The van der Waals surface area contributed by atoms with Crippen LogP contribution in [0, 0.1) is 27.4 Å². The summed E-state index contributed by atoms with van der Waals surface area (Å²) in [5, 5.41) is 17.3. The fourth-order valence-corrected chi connectivity index (χ4v) is 4.33. The Morgan fingerprint density at radius 3 is 2.40 bits per heavy atom. The quantitative estimate of drug-likeness (QED) is 0.400. The molecule has 2 saturated carbocycles. The van der Waals surface area contributed by atoms with Crippen LogP contribution in [0.4, 0.5) is 0 Å². The summed E-state index contributed by atoms with van der Waals surface area (Å²) in [6.07, 6.45) is 7.65. The van der Waals surface area contributed by atoms with Crippen LogP contribution in [0.3, 0.4) is 0 Å². The number of esters is 1. The number of thiocyanates is 1. The average Bonchev–Trinajstić information content (AvgIpc) is 2.87. The first-order chi connectivity index (χ1) is 11.7. The molecule has 2 bridgehead atoms. The van der Waals surface area contributed by atoms with Gasteiger partial charge in [-0.3, -0.25) is 9.59 Å². The lowest BCUT2D eigenvalue weighted by Gasteiger charge is -2.38. The number of carbonyl (C=O) groups is 2. The van der Waals surface area contributed by atoms with Crippen LogP contribution in [-0.2, 0) is 14.3 Å². The van der Waals surface area contributed by atoms with Gasteiger partial charge in [-0.15, -0.1) is 0 Å². The van der Waals surface area contributed by atoms with Gasteiger partial charge in [0.05, 0.1) is 0 Å². The molecule has 3 atom stereocenters. The van der Waals surface area contributed by atoms with Gasteiger partial charge in [0.25, 0.3) is 0 Å². The third-order valence-corrected chi connectivity index (χ3v) is 6.75. The molecule has 25 heavy (non-hydrogen) atoms. The number of carboxylic acid groups (broad SMARTS) is 1. The molecule has 0 aromatic carbocycles. The van der Waals surface area contributed by atoms with E-state index in [1.54, 1.807) is 5.40 Å². The fourth-order valence-electron chi connectivity index (χ4n) is 4.14. The lowest BCUT2D eigenvalue weighted by atomic mass is 9.70. The van der Waals surface area contributed by atoms with Crippen LogP contribution in [0.15, 0.2) is 0 Å². The predicted octanol–water partition coefficient (Wildman–Crippen LogP) is 4.61. The topological polar surface area (TPSA) is 87.4 Å². The van der Waals surface area contributed by atoms with Gasteiger partial charge in [0.15, 0.2) is 0 Å². The van der Waals surface area contributed by atoms with Crippen LogP contribution in [-0.4, -0.2) is 28.9 Å². The maximum Gasteiger partial charge on any atom is 0.314 e. The Labute approximate surface area is 155 Å². The van der Waals surface area contributed by atoms with Gasteiger partial charge in [-0.2, -0.15) is 5.26 Å². The Morgan fingerprint density at radius 2 is 2.00 bits per heavy atom. The van der Waals surface area contributed by atoms with Crippen molar-refractivity contribution in [2.45, 2.75) is 78.7 Å². The minimum absolute atomic E-state index is 0.0259. The molecular formula is C19H31NO4S. The van der Waals surface area contributed by atoms with Crippen molar-refractivity contribution in [3.05, 3.63) is 0 Å². The summed E-state index contributed by atoms with van der Waals surface area (Å²) >= 11 is 0.722. The minimum Gasteiger partial charge on any atom is -0.481 e. The van der Waals surface area contributed by atoms with Crippen LogP contribution >= 0.6 is 11.8 Å². The van der Waals surface area contributed by atoms with Crippen LogP contribution in [0.2, 0.25) is 0 Å². The summed E-state index contributed by atoms with van der Waals surface area (Å²) in [6, 6.07) is 0. The fraction of sp³-hybridized carbons (Fsp3) is 0.842. The molecule has 0 radical (unpaired) electrons. The molecule has 142 valence electrons. The Hall–Kier alpha value is -1.22. The second-order valence-electron chi connectivity index (χ2n) is 7.82. The van der Waals surface area contributed by atoms with Gasteiger partial charge in [0.1, 0.15) is 17.3 Å². The monoisotopic (exact) mass is 369 g/mol. The van der Waals surface area contributed by atoms with Gasteiger partial charge in [0.2, 0.25) is 0 Å². The van der Waals surface area contributed by atoms with Crippen LogP contribution in [0.1, 0.15) is 72.6 Å². The molecule has 1 unspecified atom stereocenters. The second kappa shape index (κ2) is 9.47. The van der Waals surface area contributed by atoms with Crippen molar-refractivity contribution in [1.29, 1.82) is 5.26 Å². The average molecular weight is 370 g/mol. The molecule has 0 saturated heterocycles. The summed E-state index contributed by atoms with van der Waals surface area (Å²) in [5.74, 6) is -0.309. The van der Waals surface area contributed by atoms with Crippen molar-refractivity contribution in [1.82, 2.24) is 0 Å². The second-order valence-corrected chi connectivity index (χ2v) is 8.58. The first kappa shape index (κ1) is 21.8. The molecule has 0 aliphatic heterocycles. The third kappa shape index (κ3) is 5.37. The van der Waals surface area contributed by atoms with Crippen molar-refractivity contribution in [2.24, 2.45) is 16.7 Å². The van der Waals surface area contributed by atoms with E-state index in [2.05, 4.69) is 27.7 Å². The molecule has 2 aliphatic carbocycles. The summed E-state index contributed by atoms with van der Waals surface area (Å²) in [6.45, 7) is 9.19. The zero-order valence-corrected chi connectivity index (χ0v) is 16.7. The van der Waals surface area contributed by atoms with E-state index in [1.807, 2.05) is 0 Å². The van der Waals surface area contributed by atoms with Gasteiger partial charge in [0, 0.05) is 11.8 Å². The normalized spacial score (nSPS) is 28.6. The van der Waals surface area contributed by atoms with Gasteiger partial charge in [-0.25, -0.2) is 0 Å². The smallest absolute Gasteiger partial charge is 0.314 e.